The predicted octanol–water partition coefficient (Wildman–Crippen LogP) is 3.14. The Bertz CT molecular complexity index is 671. The van der Waals surface area contributed by atoms with Crippen LogP contribution in [0.2, 0.25) is 5.02 Å². The SMILES string of the molecule is COc1cccc2c1OC[C@@H](NC(=O)c1sccc1Cl)C2. The number of amides is 1. The molecule has 0 fully saturated rings. The summed E-state index contributed by atoms with van der Waals surface area (Å²) in [7, 11) is 1.62. The number of para-hydroxylation sites is 1. The number of benzene rings is 1. The number of rotatable bonds is 3. The maximum Gasteiger partial charge on any atom is 0.263 e. The Labute approximate surface area is 131 Å². The molecule has 0 spiro atoms. The third kappa shape index (κ3) is 2.84. The number of carbonyl (C=O) groups excluding carboxylic acids is 1. The molecule has 0 saturated heterocycles. The molecule has 0 bridgehead atoms. The van der Waals surface area contributed by atoms with Gasteiger partial charge in [-0.05, 0) is 23.9 Å². The number of thiophene rings is 1. The van der Waals surface area contributed by atoms with E-state index in [0.717, 1.165) is 17.1 Å². The molecule has 6 heteroatoms. The fourth-order valence-electron chi connectivity index (χ4n) is 2.35. The minimum absolute atomic E-state index is 0.0738. The first-order chi connectivity index (χ1) is 10.2. The van der Waals surface area contributed by atoms with Crippen molar-refractivity contribution in [3.05, 3.63) is 45.1 Å². The Hall–Kier alpha value is -1.72. The van der Waals surface area contributed by atoms with Crippen LogP contribution >= 0.6 is 22.9 Å². The molecule has 0 unspecified atom stereocenters. The van der Waals surface area contributed by atoms with Crippen molar-refractivity contribution in [1.29, 1.82) is 0 Å². The van der Waals surface area contributed by atoms with Gasteiger partial charge in [-0.25, -0.2) is 0 Å². The van der Waals surface area contributed by atoms with Crippen LogP contribution in [0.4, 0.5) is 0 Å². The molecular weight excluding hydrogens is 310 g/mol. The number of hydrogen-bond acceptors (Lipinski definition) is 4. The van der Waals surface area contributed by atoms with E-state index in [4.69, 9.17) is 21.1 Å². The van der Waals surface area contributed by atoms with Crippen LogP contribution in [0.1, 0.15) is 15.2 Å². The number of hydrogen-bond donors (Lipinski definition) is 1. The molecule has 1 aliphatic heterocycles. The third-order valence-corrected chi connectivity index (χ3v) is 4.67. The number of nitrogens with one attached hydrogen (secondary N) is 1. The van der Waals surface area contributed by atoms with Gasteiger partial charge in [-0.1, -0.05) is 23.7 Å². The lowest BCUT2D eigenvalue weighted by atomic mass is 10.0. The minimum Gasteiger partial charge on any atom is -0.493 e. The van der Waals surface area contributed by atoms with Gasteiger partial charge in [0.05, 0.1) is 18.2 Å². The van der Waals surface area contributed by atoms with Gasteiger partial charge in [0.2, 0.25) is 0 Å². The predicted molar refractivity (Wildman–Crippen MR) is 82.8 cm³/mol. The standard InChI is InChI=1S/C15H14ClNO3S/c1-19-12-4-2-3-9-7-10(8-20-13(9)12)17-15(18)14-11(16)5-6-21-14/h2-6,10H,7-8H2,1H3,(H,17,18)/t10-/m0/s1. The Morgan fingerprint density at radius 2 is 2.33 bits per heavy atom. The van der Waals surface area contributed by atoms with Crippen molar-refractivity contribution in [2.45, 2.75) is 12.5 Å². The summed E-state index contributed by atoms with van der Waals surface area (Å²) < 4.78 is 11.0. The lowest BCUT2D eigenvalue weighted by Gasteiger charge is -2.27. The fourth-order valence-corrected chi connectivity index (χ4v) is 3.40. The molecule has 1 aromatic heterocycles. The minimum atomic E-state index is -0.157. The second kappa shape index (κ2) is 5.95. The molecule has 110 valence electrons. The zero-order valence-corrected chi connectivity index (χ0v) is 13.0. The maximum absolute atomic E-state index is 12.2. The second-order valence-electron chi connectivity index (χ2n) is 4.73. The zero-order valence-electron chi connectivity index (χ0n) is 11.4. The highest BCUT2D eigenvalue weighted by Gasteiger charge is 2.25. The summed E-state index contributed by atoms with van der Waals surface area (Å²) in [5.74, 6) is 1.33. The molecule has 0 radical (unpaired) electrons. The molecule has 1 atom stereocenters. The summed E-state index contributed by atoms with van der Waals surface area (Å²) in [5.41, 5.74) is 1.03. The second-order valence-corrected chi connectivity index (χ2v) is 6.06. The number of ether oxygens (including phenoxy) is 2. The smallest absolute Gasteiger partial charge is 0.263 e. The molecule has 1 N–H and O–H groups in total. The number of fused-ring (bicyclic) bond motifs is 1. The van der Waals surface area contributed by atoms with Gasteiger partial charge < -0.3 is 14.8 Å². The van der Waals surface area contributed by atoms with E-state index in [2.05, 4.69) is 5.32 Å². The van der Waals surface area contributed by atoms with Gasteiger partial charge in [0.25, 0.3) is 5.91 Å². The monoisotopic (exact) mass is 323 g/mol. The molecule has 2 aromatic rings. The van der Waals surface area contributed by atoms with Gasteiger partial charge in [0.15, 0.2) is 11.5 Å². The highest BCUT2D eigenvalue weighted by Crippen LogP contribution is 2.34. The van der Waals surface area contributed by atoms with Crippen molar-refractivity contribution in [3.8, 4) is 11.5 Å². The van der Waals surface area contributed by atoms with Crippen LogP contribution in [0.5, 0.6) is 11.5 Å². The third-order valence-electron chi connectivity index (χ3n) is 3.33. The van der Waals surface area contributed by atoms with Crippen LogP contribution in [0.15, 0.2) is 29.6 Å². The molecule has 4 nitrogen and oxygen atoms in total. The van der Waals surface area contributed by atoms with Crippen LogP contribution in [-0.4, -0.2) is 25.7 Å². The van der Waals surface area contributed by atoms with Crippen molar-refractivity contribution in [3.63, 3.8) is 0 Å². The first-order valence-electron chi connectivity index (χ1n) is 6.51. The zero-order chi connectivity index (χ0) is 14.8. The van der Waals surface area contributed by atoms with Crippen molar-refractivity contribution in [1.82, 2.24) is 5.32 Å². The molecule has 2 heterocycles. The van der Waals surface area contributed by atoms with Crippen LogP contribution < -0.4 is 14.8 Å². The first-order valence-corrected chi connectivity index (χ1v) is 7.77. The molecule has 0 aliphatic carbocycles. The molecular formula is C15H14ClNO3S. The van der Waals surface area contributed by atoms with Gasteiger partial charge >= 0.3 is 0 Å². The van der Waals surface area contributed by atoms with E-state index in [1.807, 2.05) is 18.2 Å². The molecule has 1 amide bonds. The van der Waals surface area contributed by atoms with E-state index < -0.39 is 0 Å². The Morgan fingerprint density at radius 3 is 3.05 bits per heavy atom. The van der Waals surface area contributed by atoms with Crippen molar-refractivity contribution in [2.75, 3.05) is 13.7 Å². The fraction of sp³-hybridized carbons (Fsp3) is 0.267. The molecule has 3 rings (SSSR count). The van der Waals surface area contributed by atoms with E-state index in [9.17, 15) is 4.79 Å². The van der Waals surface area contributed by atoms with E-state index >= 15 is 0 Å². The van der Waals surface area contributed by atoms with Crippen LogP contribution in [0.3, 0.4) is 0 Å². The van der Waals surface area contributed by atoms with Crippen LogP contribution in [-0.2, 0) is 6.42 Å². The normalized spacial score (nSPS) is 16.8. The average molecular weight is 324 g/mol. The largest absolute Gasteiger partial charge is 0.493 e. The number of carbonyl (C=O) groups is 1. The van der Waals surface area contributed by atoms with Gasteiger partial charge in [0.1, 0.15) is 11.5 Å². The lowest BCUT2D eigenvalue weighted by Crippen LogP contribution is -2.42. The summed E-state index contributed by atoms with van der Waals surface area (Å²) in [6.07, 6.45) is 0.710. The quantitative estimate of drug-likeness (QED) is 0.944. The summed E-state index contributed by atoms with van der Waals surface area (Å²) in [6, 6.07) is 7.41. The van der Waals surface area contributed by atoms with Crippen molar-refractivity contribution >= 4 is 28.8 Å². The van der Waals surface area contributed by atoms with E-state index in [1.54, 1.807) is 18.6 Å². The summed E-state index contributed by atoms with van der Waals surface area (Å²) in [6.45, 7) is 0.419. The van der Waals surface area contributed by atoms with Crippen LogP contribution in [0, 0.1) is 0 Å². The Kier molecular flexibility index (Phi) is 4.03. The molecule has 1 aromatic carbocycles. The topological polar surface area (TPSA) is 47.6 Å². The molecule has 21 heavy (non-hydrogen) atoms. The summed E-state index contributed by atoms with van der Waals surface area (Å²) in [4.78, 5) is 12.7. The highest BCUT2D eigenvalue weighted by molar-refractivity contribution is 7.12. The summed E-state index contributed by atoms with van der Waals surface area (Å²) >= 11 is 7.31. The van der Waals surface area contributed by atoms with E-state index in [-0.39, 0.29) is 11.9 Å². The molecule has 0 saturated carbocycles. The van der Waals surface area contributed by atoms with Crippen molar-refractivity contribution < 1.29 is 14.3 Å². The average Bonchev–Trinajstić information content (AvgIpc) is 2.92. The van der Waals surface area contributed by atoms with Crippen LogP contribution in [0.25, 0.3) is 0 Å². The van der Waals surface area contributed by atoms with Gasteiger partial charge in [-0.3, -0.25) is 4.79 Å². The number of halogens is 1. The number of methoxy groups -OCH3 is 1. The Balaban J connectivity index is 1.72. The maximum atomic E-state index is 12.2. The highest BCUT2D eigenvalue weighted by atomic mass is 35.5. The Morgan fingerprint density at radius 1 is 1.48 bits per heavy atom. The van der Waals surface area contributed by atoms with Crippen molar-refractivity contribution in [2.24, 2.45) is 0 Å². The summed E-state index contributed by atoms with van der Waals surface area (Å²) in [5, 5.41) is 5.24. The first kappa shape index (κ1) is 14.2. The van der Waals surface area contributed by atoms with Gasteiger partial charge in [-0.2, -0.15) is 0 Å². The van der Waals surface area contributed by atoms with E-state index in [1.165, 1.54) is 11.3 Å². The van der Waals surface area contributed by atoms with Gasteiger partial charge in [-0.15, -0.1) is 11.3 Å². The lowest BCUT2D eigenvalue weighted by molar-refractivity contribution is 0.0919. The molecule has 1 aliphatic rings. The van der Waals surface area contributed by atoms with E-state index in [0.29, 0.717) is 22.9 Å². The van der Waals surface area contributed by atoms with Gasteiger partial charge in [0, 0.05) is 5.56 Å².